The summed E-state index contributed by atoms with van der Waals surface area (Å²) in [5.41, 5.74) is 1.60. The molecule has 88 valence electrons. The average Bonchev–Trinajstić information content (AvgIpc) is 2.73. The van der Waals surface area contributed by atoms with E-state index in [1.807, 2.05) is 18.2 Å². The van der Waals surface area contributed by atoms with Gasteiger partial charge in [-0.05, 0) is 30.9 Å². The van der Waals surface area contributed by atoms with Crippen LogP contribution >= 0.6 is 0 Å². The zero-order valence-electron chi connectivity index (χ0n) is 9.57. The minimum Gasteiger partial charge on any atom is -0.352 e. The summed E-state index contributed by atoms with van der Waals surface area (Å²) in [6.45, 7) is 0.805. The Bertz CT molecular complexity index is 542. The van der Waals surface area contributed by atoms with Crippen LogP contribution in [0.3, 0.4) is 0 Å². The molecular formula is C13H15N3O. The molecule has 1 fully saturated rings. The molecule has 1 aliphatic carbocycles. The predicted molar refractivity (Wildman–Crippen MR) is 65.8 cm³/mol. The lowest BCUT2D eigenvalue weighted by Crippen LogP contribution is -2.32. The maximum atomic E-state index is 11.9. The minimum atomic E-state index is 0.00778. The Balaban J connectivity index is 1.70. The number of aromatic amines is 1. The van der Waals surface area contributed by atoms with Gasteiger partial charge < -0.3 is 5.32 Å². The summed E-state index contributed by atoms with van der Waals surface area (Å²) in [6, 6.07) is 5.60. The van der Waals surface area contributed by atoms with Gasteiger partial charge in [0.2, 0.25) is 0 Å². The van der Waals surface area contributed by atoms with Gasteiger partial charge in [-0.3, -0.25) is 9.89 Å². The van der Waals surface area contributed by atoms with Gasteiger partial charge in [0.25, 0.3) is 5.91 Å². The van der Waals surface area contributed by atoms with Crippen LogP contribution < -0.4 is 5.32 Å². The number of nitrogens with one attached hydrogen (secondary N) is 2. The molecule has 1 aliphatic rings. The van der Waals surface area contributed by atoms with Crippen LogP contribution in [0.5, 0.6) is 0 Å². The summed E-state index contributed by atoms with van der Waals surface area (Å²) in [5, 5.41) is 10.8. The van der Waals surface area contributed by atoms with Crippen molar-refractivity contribution in [1.82, 2.24) is 15.5 Å². The van der Waals surface area contributed by atoms with Crippen LogP contribution in [0.4, 0.5) is 0 Å². The molecule has 17 heavy (non-hydrogen) atoms. The smallest absolute Gasteiger partial charge is 0.251 e. The van der Waals surface area contributed by atoms with Gasteiger partial charge >= 0.3 is 0 Å². The van der Waals surface area contributed by atoms with E-state index in [0.717, 1.165) is 17.4 Å². The summed E-state index contributed by atoms with van der Waals surface area (Å²) < 4.78 is 0. The van der Waals surface area contributed by atoms with Gasteiger partial charge in [0, 0.05) is 17.5 Å². The van der Waals surface area contributed by atoms with Crippen LogP contribution in [0.2, 0.25) is 0 Å². The maximum absolute atomic E-state index is 11.9. The number of hydrogen-bond donors (Lipinski definition) is 2. The summed E-state index contributed by atoms with van der Waals surface area (Å²) in [7, 11) is 0. The SMILES string of the molecule is O=C(NCC1CCC1)c1ccc2cn[nH]c2c1. The Morgan fingerprint density at radius 1 is 1.47 bits per heavy atom. The molecule has 2 aromatic rings. The molecule has 2 N–H and O–H groups in total. The van der Waals surface area contributed by atoms with E-state index in [2.05, 4.69) is 15.5 Å². The van der Waals surface area contributed by atoms with Gasteiger partial charge in [0.05, 0.1) is 11.7 Å². The highest BCUT2D eigenvalue weighted by Crippen LogP contribution is 2.25. The number of H-pyrrole nitrogens is 1. The number of fused-ring (bicyclic) bond motifs is 1. The van der Waals surface area contributed by atoms with Crippen LogP contribution in [0.25, 0.3) is 10.9 Å². The van der Waals surface area contributed by atoms with E-state index in [0.29, 0.717) is 11.5 Å². The number of aromatic nitrogens is 2. The Hall–Kier alpha value is -1.84. The van der Waals surface area contributed by atoms with E-state index in [1.165, 1.54) is 19.3 Å². The number of carbonyl (C=O) groups excluding carboxylic acids is 1. The lowest BCUT2D eigenvalue weighted by atomic mass is 9.85. The van der Waals surface area contributed by atoms with Crippen LogP contribution in [-0.2, 0) is 0 Å². The Labute approximate surface area is 99.4 Å². The summed E-state index contributed by atoms with van der Waals surface area (Å²) in [6.07, 6.45) is 5.56. The second-order valence-corrected chi connectivity index (χ2v) is 4.68. The van der Waals surface area contributed by atoms with Gasteiger partial charge in [0.15, 0.2) is 0 Å². The van der Waals surface area contributed by atoms with Crippen molar-refractivity contribution in [2.45, 2.75) is 19.3 Å². The van der Waals surface area contributed by atoms with Crippen molar-refractivity contribution in [2.75, 3.05) is 6.54 Å². The second-order valence-electron chi connectivity index (χ2n) is 4.68. The third-order valence-corrected chi connectivity index (χ3v) is 3.48. The van der Waals surface area contributed by atoms with Gasteiger partial charge in [-0.25, -0.2) is 0 Å². The van der Waals surface area contributed by atoms with Crippen molar-refractivity contribution < 1.29 is 4.79 Å². The third-order valence-electron chi connectivity index (χ3n) is 3.48. The highest BCUT2D eigenvalue weighted by molar-refractivity contribution is 5.97. The Morgan fingerprint density at radius 3 is 3.12 bits per heavy atom. The molecule has 1 aromatic carbocycles. The molecule has 0 unspecified atom stereocenters. The first-order chi connectivity index (χ1) is 8.33. The van der Waals surface area contributed by atoms with Gasteiger partial charge in [0.1, 0.15) is 0 Å². The molecular weight excluding hydrogens is 214 g/mol. The molecule has 1 heterocycles. The fourth-order valence-electron chi connectivity index (χ4n) is 2.11. The number of rotatable bonds is 3. The zero-order chi connectivity index (χ0) is 11.7. The van der Waals surface area contributed by atoms with Crippen molar-refractivity contribution >= 4 is 16.8 Å². The predicted octanol–water partition coefficient (Wildman–Crippen LogP) is 2.09. The largest absolute Gasteiger partial charge is 0.352 e. The molecule has 3 rings (SSSR count). The Kier molecular flexibility index (Phi) is 2.55. The molecule has 0 atom stereocenters. The quantitative estimate of drug-likeness (QED) is 0.846. The summed E-state index contributed by atoms with van der Waals surface area (Å²) in [4.78, 5) is 11.9. The van der Waals surface area contributed by atoms with Gasteiger partial charge in [-0.2, -0.15) is 5.10 Å². The minimum absolute atomic E-state index is 0.00778. The first-order valence-electron chi connectivity index (χ1n) is 6.04. The molecule has 1 aromatic heterocycles. The molecule has 0 spiro atoms. The van der Waals surface area contributed by atoms with Crippen LogP contribution in [0.15, 0.2) is 24.4 Å². The van der Waals surface area contributed by atoms with E-state index in [4.69, 9.17) is 0 Å². The number of amides is 1. The number of nitrogens with zero attached hydrogens (tertiary/aromatic N) is 1. The maximum Gasteiger partial charge on any atom is 0.251 e. The normalized spacial score (nSPS) is 15.8. The highest BCUT2D eigenvalue weighted by atomic mass is 16.1. The van der Waals surface area contributed by atoms with Crippen molar-refractivity contribution in [3.8, 4) is 0 Å². The molecule has 0 aliphatic heterocycles. The molecule has 1 saturated carbocycles. The monoisotopic (exact) mass is 229 g/mol. The standard InChI is InChI=1S/C13H15N3O/c17-13(14-7-9-2-1-3-9)10-4-5-11-8-15-16-12(11)6-10/h4-6,8-9H,1-3,7H2,(H,14,17)(H,15,16). The molecule has 4 nitrogen and oxygen atoms in total. The number of hydrogen-bond acceptors (Lipinski definition) is 2. The molecule has 4 heteroatoms. The lowest BCUT2D eigenvalue weighted by Gasteiger charge is -2.25. The summed E-state index contributed by atoms with van der Waals surface area (Å²) >= 11 is 0. The molecule has 0 saturated heterocycles. The first kappa shape index (κ1) is 10.3. The third kappa shape index (κ3) is 2.02. The van der Waals surface area contributed by atoms with E-state index in [9.17, 15) is 4.79 Å². The van der Waals surface area contributed by atoms with Crippen molar-refractivity contribution in [1.29, 1.82) is 0 Å². The van der Waals surface area contributed by atoms with Crippen LogP contribution in [0, 0.1) is 5.92 Å². The topological polar surface area (TPSA) is 57.8 Å². The van der Waals surface area contributed by atoms with E-state index in [1.54, 1.807) is 6.20 Å². The van der Waals surface area contributed by atoms with Crippen molar-refractivity contribution in [3.63, 3.8) is 0 Å². The van der Waals surface area contributed by atoms with Crippen molar-refractivity contribution in [2.24, 2.45) is 5.92 Å². The second kappa shape index (κ2) is 4.20. The van der Waals surface area contributed by atoms with Crippen molar-refractivity contribution in [3.05, 3.63) is 30.0 Å². The van der Waals surface area contributed by atoms with Gasteiger partial charge in [-0.1, -0.05) is 12.5 Å². The highest BCUT2D eigenvalue weighted by Gasteiger charge is 2.18. The Morgan fingerprint density at radius 2 is 2.35 bits per heavy atom. The van der Waals surface area contributed by atoms with Crippen LogP contribution in [-0.4, -0.2) is 22.6 Å². The summed E-state index contributed by atoms with van der Waals surface area (Å²) in [5.74, 6) is 0.697. The zero-order valence-corrected chi connectivity index (χ0v) is 9.57. The first-order valence-corrected chi connectivity index (χ1v) is 6.04. The molecule has 0 bridgehead atoms. The van der Waals surface area contributed by atoms with E-state index >= 15 is 0 Å². The fourth-order valence-corrected chi connectivity index (χ4v) is 2.11. The number of carbonyl (C=O) groups is 1. The number of benzene rings is 1. The fraction of sp³-hybridized carbons (Fsp3) is 0.385. The van der Waals surface area contributed by atoms with Gasteiger partial charge in [-0.15, -0.1) is 0 Å². The van der Waals surface area contributed by atoms with Crippen LogP contribution in [0.1, 0.15) is 29.6 Å². The molecule has 1 amide bonds. The average molecular weight is 229 g/mol. The lowest BCUT2D eigenvalue weighted by molar-refractivity contribution is 0.0939. The van der Waals surface area contributed by atoms with E-state index < -0.39 is 0 Å². The molecule has 0 radical (unpaired) electrons. The van der Waals surface area contributed by atoms with E-state index in [-0.39, 0.29) is 5.91 Å².